The second kappa shape index (κ2) is 6.17. The highest BCUT2D eigenvalue weighted by molar-refractivity contribution is 5.46. The van der Waals surface area contributed by atoms with Gasteiger partial charge in [-0.25, -0.2) is 8.78 Å². The summed E-state index contributed by atoms with van der Waals surface area (Å²) in [5.74, 6) is -2.08. The van der Waals surface area contributed by atoms with Crippen LogP contribution in [0.15, 0.2) is 36.4 Å². The van der Waals surface area contributed by atoms with Gasteiger partial charge in [0.1, 0.15) is 12.4 Å². The molecule has 2 aromatic rings. The zero-order valence-corrected chi connectivity index (χ0v) is 11.0. The topological polar surface area (TPSA) is 61.6 Å². The summed E-state index contributed by atoms with van der Waals surface area (Å²) in [7, 11) is 1.31. The van der Waals surface area contributed by atoms with Crippen molar-refractivity contribution in [1.82, 2.24) is 0 Å². The Morgan fingerprint density at radius 3 is 2.52 bits per heavy atom. The molecular weight excluding hydrogens is 284 g/mol. The highest BCUT2D eigenvalue weighted by Crippen LogP contribution is 2.29. The molecule has 0 aliphatic carbocycles. The van der Waals surface area contributed by atoms with E-state index in [4.69, 9.17) is 9.47 Å². The monoisotopic (exact) mass is 295 g/mol. The van der Waals surface area contributed by atoms with Crippen LogP contribution in [0.25, 0.3) is 0 Å². The maximum atomic E-state index is 13.7. The van der Waals surface area contributed by atoms with Crippen molar-refractivity contribution in [3.8, 4) is 11.5 Å². The fourth-order valence-electron chi connectivity index (χ4n) is 1.78. The summed E-state index contributed by atoms with van der Waals surface area (Å²) in [6.07, 6.45) is 0. The third-order valence-electron chi connectivity index (χ3n) is 2.81. The van der Waals surface area contributed by atoms with Gasteiger partial charge in [-0.15, -0.1) is 0 Å². The first kappa shape index (κ1) is 14.7. The summed E-state index contributed by atoms with van der Waals surface area (Å²) in [5, 5.41) is 10.8. The van der Waals surface area contributed by atoms with Gasteiger partial charge in [0.25, 0.3) is 0 Å². The molecule has 0 amide bonds. The van der Waals surface area contributed by atoms with E-state index in [1.165, 1.54) is 31.4 Å². The van der Waals surface area contributed by atoms with E-state index in [1.54, 1.807) is 6.07 Å². The van der Waals surface area contributed by atoms with E-state index in [2.05, 4.69) is 0 Å². The first-order chi connectivity index (χ1) is 10.0. The van der Waals surface area contributed by atoms with Gasteiger partial charge < -0.3 is 9.47 Å². The van der Waals surface area contributed by atoms with Crippen LogP contribution in [0.2, 0.25) is 0 Å². The van der Waals surface area contributed by atoms with Gasteiger partial charge in [-0.05, 0) is 18.2 Å². The van der Waals surface area contributed by atoms with Gasteiger partial charge in [0.05, 0.1) is 17.6 Å². The maximum absolute atomic E-state index is 13.7. The van der Waals surface area contributed by atoms with Crippen LogP contribution >= 0.6 is 0 Å². The zero-order chi connectivity index (χ0) is 15.4. The minimum atomic E-state index is -1.10. The van der Waals surface area contributed by atoms with Gasteiger partial charge in [0, 0.05) is 6.07 Å². The molecule has 0 aliphatic rings. The normalized spacial score (nSPS) is 10.2. The highest BCUT2D eigenvalue weighted by atomic mass is 19.2. The molecule has 7 heteroatoms. The molecule has 0 heterocycles. The van der Waals surface area contributed by atoms with Crippen LogP contribution < -0.4 is 9.47 Å². The Hall–Kier alpha value is -2.70. The molecule has 0 aliphatic heterocycles. The number of nitro groups is 1. The number of para-hydroxylation sites is 2. The second-order valence-electron chi connectivity index (χ2n) is 4.06. The van der Waals surface area contributed by atoms with Crippen LogP contribution in [-0.4, -0.2) is 12.0 Å². The van der Waals surface area contributed by atoms with E-state index in [9.17, 15) is 18.9 Å². The molecule has 0 aromatic heterocycles. The summed E-state index contributed by atoms with van der Waals surface area (Å²) in [5.41, 5.74) is -0.399. The lowest BCUT2D eigenvalue weighted by atomic mass is 10.2. The molecule has 0 fully saturated rings. The van der Waals surface area contributed by atoms with Gasteiger partial charge in [-0.1, -0.05) is 12.1 Å². The Labute approximate surface area is 118 Å². The molecule has 0 spiro atoms. The summed E-state index contributed by atoms with van der Waals surface area (Å²) in [6.45, 7) is -0.391. The predicted molar refractivity (Wildman–Crippen MR) is 70.3 cm³/mol. The molecule has 0 saturated carbocycles. The Morgan fingerprint density at radius 1 is 1.14 bits per heavy atom. The number of hydrogen-bond acceptors (Lipinski definition) is 4. The molecule has 0 saturated heterocycles. The number of nitrogens with zero attached hydrogens (tertiary/aromatic N) is 1. The standard InChI is InChI=1S/C14H11F2NO4/c1-20-12-7-6-10(15)14(16)9(12)8-21-13-5-3-2-4-11(13)17(18)19/h2-7H,8H2,1H3. The van der Waals surface area contributed by atoms with Crippen molar-refractivity contribution in [1.29, 1.82) is 0 Å². The number of hydrogen-bond donors (Lipinski definition) is 0. The average molecular weight is 295 g/mol. The minimum absolute atomic E-state index is 0.0341. The van der Waals surface area contributed by atoms with Crippen molar-refractivity contribution < 1.29 is 23.2 Å². The van der Waals surface area contributed by atoms with Gasteiger partial charge >= 0.3 is 5.69 Å². The number of methoxy groups -OCH3 is 1. The quantitative estimate of drug-likeness (QED) is 0.626. The molecule has 2 rings (SSSR count). The molecule has 0 N–H and O–H groups in total. The lowest BCUT2D eigenvalue weighted by Gasteiger charge is -2.11. The fourth-order valence-corrected chi connectivity index (χ4v) is 1.78. The lowest BCUT2D eigenvalue weighted by molar-refractivity contribution is -0.385. The van der Waals surface area contributed by atoms with Crippen LogP contribution in [0.5, 0.6) is 11.5 Å². The molecule has 0 bridgehead atoms. The second-order valence-corrected chi connectivity index (χ2v) is 4.06. The fraction of sp³-hybridized carbons (Fsp3) is 0.143. The summed E-state index contributed by atoms with van der Waals surface area (Å²) < 4.78 is 37.1. The molecule has 5 nitrogen and oxygen atoms in total. The van der Waals surface area contributed by atoms with Crippen LogP contribution in [-0.2, 0) is 6.61 Å². The predicted octanol–water partition coefficient (Wildman–Crippen LogP) is 3.46. The third kappa shape index (κ3) is 3.07. The molecule has 0 radical (unpaired) electrons. The molecular formula is C14H11F2NO4. The third-order valence-corrected chi connectivity index (χ3v) is 2.81. The Morgan fingerprint density at radius 2 is 1.86 bits per heavy atom. The average Bonchev–Trinajstić information content (AvgIpc) is 2.49. The van der Waals surface area contributed by atoms with Crippen molar-refractivity contribution in [2.24, 2.45) is 0 Å². The smallest absolute Gasteiger partial charge is 0.310 e. The van der Waals surface area contributed by atoms with E-state index in [1.807, 2.05) is 0 Å². The largest absolute Gasteiger partial charge is 0.496 e. The summed E-state index contributed by atoms with van der Waals surface area (Å²) in [6, 6.07) is 7.85. The number of halogens is 2. The maximum Gasteiger partial charge on any atom is 0.310 e. The van der Waals surface area contributed by atoms with Gasteiger partial charge in [-0.2, -0.15) is 0 Å². The zero-order valence-electron chi connectivity index (χ0n) is 11.0. The van der Waals surface area contributed by atoms with Crippen LogP contribution in [0, 0.1) is 21.7 Å². The Bertz CT molecular complexity index is 676. The first-order valence-corrected chi connectivity index (χ1v) is 5.91. The molecule has 110 valence electrons. The van der Waals surface area contributed by atoms with Crippen molar-refractivity contribution in [3.63, 3.8) is 0 Å². The van der Waals surface area contributed by atoms with Gasteiger partial charge in [-0.3, -0.25) is 10.1 Å². The molecule has 21 heavy (non-hydrogen) atoms. The number of ether oxygens (including phenoxy) is 2. The van der Waals surface area contributed by atoms with Crippen molar-refractivity contribution >= 4 is 5.69 Å². The van der Waals surface area contributed by atoms with Gasteiger partial charge in [0.2, 0.25) is 0 Å². The van der Waals surface area contributed by atoms with Crippen LogP contribution in [0.1, 0.15) is 5.56 Å². The van der Waals surface area contributed by atoms with E-state index in [-0.39, 0.29) is 22.7 Å². The van der Waals surface area contributed by atoms with Crippen LogP contribution in [0.4, 0.5) is 14.5 Å². The van der Waals surface area contributed by atoms with E-state index >= 15 is 0 Å². The number of nitro benzene ring substituents is 1. The van der Waals surface area contributed by atoms with Crippen molar-refractivity contribution in [2.45, 2.75) is 6.61 Å². The first-order valence-electron chi connectivity index (χ1n) is 5.91. The van der Waals surface area contributed by atoms with Crippen molar-refractivity contribution in [2.75, 3.05) is 7.11 Å². The van der Waals surface area contributed by atoms with Gasteiger partial charge in [0.15, 0.2) is 17.4 Å². The SMILES string of the molecule is COc1ccc(F)c(F)c1COc1ccccc1[N+](=O)[O-]. The number of benzene rings is 2. The van der Waals surface area contributed by atoms with E-state index in [0.717, 1.165) is 6.07 Å². The lowest BCUT2D eigenvalue weighted by Crippen LogP contribution is -2.05. The summed E-state index contributed by atoms with van der Waals surface area (Å²) >= 11 is 0. The Balaban J connectivity index is 2.29. The highest BCUT2D eigenvalue weighted by Gasteiger charge is 2.18. The van der Waals surface area contributed by atoms with E-state index in [0.29, 0.717) is 0 Å². The molecule has 0 atom stereocenters. The minimum Gasteiger partial charge on any atom is -0.496 e. The van der Waals surface area contributed by atoms with Crippen molar-refractivity contribution in [3.05, 3.63) is 63.7 Å². The van der Waals surface area contributed by atoms with Crippen LogP contribution in [0.3, 0.4) is 0 Å². The summed E-state index contributed by atoms with van der Waals surface area (Å²) in [4.78, 5) is 10.2. The molecule has 2 aromatic carbocycles. The van der Waals surface area contributed by atoms with E-state index < -0.39 is 23.2 Å². The number of rotatable bonds is 5. The molecule has 0 unspecified atom stereocenters. The Kier molecular flexibility index (Phi) is 4.32.